The van der Waals surface area contributed by atoms with E-state index in [4.69, 9.17) is 8.53 Å². The van der Waals surface area contributed by atoms with Gasteiger partial charge in [0.25, 0.3) is 0 Å². The highest BCUT2D eigenvalue weighted by molar-refractivity contribution is 6.22. The van der Waals surface area contributed by atoms with Crippen LogP contribution in [0.2, 0.25) is 0 Å². The molecule has 0 spiro atoms. The van der Waals surface area contributed by atoms with Gasteiger partial charge in [-0.2, -0.15) is 0 Å². The molecule has 11 aromatic rings. The molecular weight excluding hydrogens is 665 g/mol. The molecule has 0 saturated heterocycles. The van der Waals surface area contributed by atoms with E-state index in [9.17, 15) is 5.48 Å². The molecule has 0 saturated carbocycles. The lowest BCUT2D eigenvalue weighted by atomic mass is 9.86. The van der Waals surface area contributed by atoms with Gasteiger partial charge in [0, 0.05) is 10.9 Å². The number of benzene rings is 10. The zero-order valence-corrected chi connectivity index (χ0v) is 29.5. The molecule has 0 bridgehead atoms. The van der Waals surface area contributed by atoms with E-state index in [1.807, 2.05) is 109 Å². The van der Waals surface area contributed by atoms with Crippen LogP contribution in [0.15, 0.2) is 211 Å². The monoisotopic (exact) mass is 705 g/mol. The fourth-order valence-corrected chi connectivity index (χ4v) is 8.25. The molecule has 0 unspecified atom stereocenters. The summed E-state index contributed by atoms with van der Waals surface area (Å²) in [6.07, 6.45) is 0. The number of furan rings is 1. The molecule has 1 heterocycles. The third-order valence-corrected chi connectivity index (χ3v) is 10.7. The topological polar surface area (TPSA) is 13.1 Å². The zero-order valence-electron chi connectivity index (χ0n) is 36.5. The van der Waals surface area contributed by atoms with Crippen molar-refractivity contribution in [1.29, 1.82) is 0 Å². The smallest absolute Gasteiger partial charge is 0.136 e. The molecule has 11 rings (SSSR count). The minimum atomic E-state index is -0.421. The van der Waals surface area contributed by atoms with Gasteiger partial charge in [-0.1, -0.05) is 182 Å². The SMILES string of the molecule is [2H]c1cc([2H])c2c(-c3cc4c(-c5ccccc5)cc(-c5ccccc5)cc4o3)c3c([2H])c([2H])c([2H])c([2H])c3c(-c3ccc4c(ccc5c(-c6ccccc6)cccc54)c3)c2c1[2H]. The largest absolute Gasteiger partial charge is 0.456 e. The maximum Gasteiger partial charge on any atom is 0.136 e. The third-order valence-electron chi connectivity index (χ3n) is 10.7. The predicted molar refractivity (Wildman–Crippen MR) is 233 cm³/mol. The van der Waals surface area contributed by atoms with E-state index >= 15 is 0 Å². The van der Waals surface area contributed by atoms with E-state index < -0.39 is 12.1 Å². The third kappa shape index (κ3) is 5.16. The summed E-state index contributed by atoms with van der Waals surface area (Å²) in [7, 11) is 0. The summed E-state index contributed by atoms with van der Waals surface area (Å²) in [6.45, 7) is 0. The molecular formula is C54H34O. The van der Waals surface area contributed by atoms with Crippen molar-refractivity contribution in [2.24, 2.45) is 0 Å². The first kappa shape index (κ1) is 24.9. The fraction of sp³-hybridized carbons (Fsp3) is 0. The molecule has 0 aliphatic carbocycles. The Morgan fingerprint density at radius 3 is 1.71 bits per heavy atom. The molecule has 0 fully saturated rings. The van der Waals surface area contributed by atoms with Crippen molar-refractivity contribution in [1.82, 2.24) is 0 Å². The molecule has 256 valence electrons. The second-order valence-electron chi connectivity index (χ2n) is 13.9. The van der Waals surface area contributed by atoms with Gasteiger partial charge in [-0.25, -0.2) is 0 Å². The summed E-state index contributed by atoms with van der Waals surface area (Å²) in [5.41, 5.74) is 7.81. The van der Waals surface area contributed by atoms with Crippen LogP contribution >= 0.6 is 0 Å². The first-order valence-corrected chi connectivity index (χ1v) is 18.3. The van der Waals surface area contributed by atoms with Gasteiger partial charge < -0.3 is 4.42 Å². The Morgan fingerprint density at radius 1 is 0.327 bits per heavy atom. The van der Waals surface area contributed by atoms with Gasteiger partial charge in [0.05, 0.1) is 9.60 Å². The molecule has 55 heavy (non-hydrogen) atoms. The molecule has 0 aliphatic heterocycles. The van der Waals surface area contributed by atoms with Gasteiger partial charge in [0.1, 0.15) is 11.3 Å². The summed E-state index contributed by atoms with van der Waals surface area (Å²) >= 11 is 0. The Morgan fingerprint density at radius 2 is 0.964 bits per heavy atom. The van der Waals surface area contributed by atoms with Gasteiger partial charge in [0.2, 0.25) is 0 Å². The minimum absolute atomic E-state index is 0.0551. The number of fused-ring (bicyclic) bond motifs is 6. The molecule has 10 aromatic carbocycles. The van der Waals surface area contributed by atoms with E-state index in [1.54, 1.807) is 0 Å². The molecule has 1 nitrogen and oxygen atoms in total. The molecule has 1 heteroatoms. The Labute approximate surface area is 329 Å². The Balaban J connectivity index is 1.24. The highest BCUT2D eigenvalue weighted by atomic mass is 16.3. The quantitative estimate of drug-likeness (QED) is 0.128. The summed E-state index contributed by atoms with van der Waals surface area (Å²) in [6, 6.07) is 52.1. The van der Waals surface area contributed by atoms with E-state index in [-0.39, 0.29) is 57.3 Å². The van der Waals surface area contributed by atoms with Crippen molar-refractivity contribution in [3.63, 3.8) is 0 Å². The molecule has 0 atom stereocenters. The highest BCUT2D eigenvalue weighted by Gasteiger charge is 2.21. The number of hydrogen-bond acceptors (Lipinski definition) is 1. The van der Waals surface area contributed by atoms with E-state index in [1.165, 1.54) is 6.07 Å². The summed E-state index contributed by atoms with van der Waals surface area (Å²) in [4.78, 5) is 0. The van der Waals surface area contributed by atoms with Crippen LogP contribution in [-0.4, -0.2) is 0 Å². The fourth-order valence-electron chi connectivity index (χ4n) is 8.25. The van der Waals surface area contributed by atoms with Crippen LogP contribution in [0.4, 0.5) is 0 Å². The number of hydrogen-bond donors (Lipinski definition) is 0. The summed E-state index contributed by atoms with van der Waals surface area (Å²) in [5, 5.41) is 5.71. The lowest BCUT2D eigenvalue weighted by Crippen LogP contribution is -1.90. The zero-order chi connectivity index (χ0) is 42.4. The van der Waals surface area contributed by atoms with Crippen LogP contribution in [0.1, 0.15) is 9.60 Å². The molecule has 0 aliphatic rings. The average molecular weight is 706 g/mol. The summed E-state index contributed by atoms with van der Waals surface area (Å²) in [5.74, 6) is 0.291. The van der Waals surface area contributed by atoms with Gasteiger partial charge >= 0.3 is 0 Å². The van der Waals surface area contributed by atoms with Gasteiger partial charge in [-0.15, -0.1) is 0 Å². The predicted octanol–water partition coefficient (Wildman–Crippen LogP) is 15.4. The lowest BCUT2D eigenvalue weighted by Gasteiger charge is -2.17. The van der Waals surface area contributed by atoms with Crippen molar-refractivity contribution in [3.05, 3.63) is 206 Å². The van der Waals surface area contributed by atoms with Gasteiger partial charge in [-0.3, -0.25) is 0 Å². The van der Waals surface area contributed by atoms with Crippen LogP contribution in [0.3, 0.4) is 0 Å². The Kier molecular flexibility index (Phi) is 5.76. The average Bonchev–Trinajstić information content (AvgIpc) is 3.75. The van der Waals surface area contributed by atoms with Crippen LogP contribution in [0.5, 0.6) is 0 Å². The maximum absolute atomic E-state index is 9.51. The Bertz CT molecular complexity index is 3640. The van der Waals surface area contributed by atoms with Crippen LogP contribution in [0.25, 0.3) is 110 Å². The highest BCUT2D eigenvalue weighted by Crippen LogP contribution is 2.47. The van der Waals surface area contributed by atoms with Crippen LogP contribution < -0.4 is 0 Å². The second-order valence-corrected chi connectivity index (χ2v) is 13.9. The lowest BCUT2D eigenvalue weighted by molar-refractivity contribution is 0.633. The maximum atomic E-state index is 9.51. The first-order chi connectivity index (χ1) is 30.2. The molecule has 0 N–H and O–H groups in total. The number of rotatable bonds is 5. The van der Waals surface area contributed by atoms with Crippen molar-refractivity contribution >= 4 is 54.1 Å². The normalized spacial score (nSPS) is 13.4. The van der Waals surface area contributed by atoms with E-state index in [0.29, 0.717) is 22.5 Å². The second kappa shape index (κ2) is 12.7. The Hall–Kier alpha value is -7.22. The summed E-state index contributed by atoms with van der Waals surface area (Å²) < 4.78 is 71.6. The van der Waals surface area contributed by atoms with Gasteiger partial charge in [0.15, 0.2) is 0 Å². The minimum Gasteiger partial charge on any atom is -0.456 e. The van der Waals surface area contributed by atoms with Crippen LogP contribution in [-0.2, 0) is 0 Å². The molecule has 0 radical (unpaired) electrons. The molecule has 0 amide bonds. The van der Waals surface area contributed by atoms with Crippen LogP contribution in [0, 0.1) is 0 Å². The van der Waals surface area contributed by atoms with Crippen molar-refractivity contribution in [2.75, 3.05) is 0 Å². The van der Waals surface area contributed by atoms with E-state index in [2.05, 4.69) is 48.5 Å². The van der Waals surface area contributed by atoms with Crippen molar-refractivity contribution in [3.8, 4) is 55.8 Å². The van der Waals surface area contributed by atoms with Gasteiger partial charge in [-0.05, 0) is 112 Å². The van der Waals surface area contributed by atoms with Crippen molar-refractivity contribution < 1.29 is 14.0 Å². The first-order valence-electron chi connectivity index (χ1n) is 21.8. The van der Waals surface area contributed by atoms with E-state index in [0.717, 1.165) is 60.3 Å². The van der Waals surface area contributed by atoms with Crippen molar-refractivity contribution in [2.45, 2.75) is 0 Å². The molecule has 1 aromatic heterocycles. The standard InChI is InChI=1S/C54H34O/c1-4-15-35(16-5-1)40-32-49(37-19-8-3-9-20-37)50-34-52(55-51(50)33-40)54-47-23-12-10-21-45(47)53(46-22-11-13-24-48(46)54)39-28-29-42-38(31-39)27-30-44-41(25-14-26-43(42)44)36-17-6-2-7-18-36/h1-34H/i10D,11D,12D,21D,22D,23D,24D.